The molecule has 0 aliphatic carbocycles. The van der Waals surface area contributed by atoms with Crippen molar-refractivity contribution in [1.82, 2.24) is 4.98 Å². The van der Waals surface area contributed by atoms with Crippen LogP contribution in [0.3, 0.4) is 0 Å². The number of isocyanates is 1. The number of rotatable bonds is 8. The maximum absolute atomic E-state index is 12.0. The highest BCUT2D eigenvalue weighted by Crippen LogP contribution is 2.07. The van der Waals surface area contributed by atoms with Crippen LogP contribution in [0.2, 0.25) is 0 Å². The molecule has 0 saturated heterocycles. The molecule has 2 aromatic heterocycles. The Morgan fingerprint density at radius 2 is 1.32 bits per heavy atom. The highest BCUT2D eigenvalue weighted by atomic mass is 35.7. The molecule has 1 N–H and O–H groups in total. The number of aliphatic hydroxyl groups excluding tert-OH is 1. The van der Waals surface area contributed by atoms with Crippen LogP contribution in [-0.2, 0) is 42.2 Å². The highest BCUT2D eigenvalue weighted by Gasteiger charge is 2.20. The summed E-state index contributed by atoms with van der Waals surface area (Å²) in [6, 6.07) is 25.6. The topological polar surface area (TPSA) is 186 Å². The minimum atomic E-state index is -4.16. The first-order chi connectivity index (χ1) is 22.2. The van der Waals surface area contributed by atoms with E-state index in [1.165, 1.54) is 18.1 Å². The Morgan fingerprint density at radius 3 is 1.68 bits per heavy atom. The molecule has 0 aliphatic rings. The molecule has 0 atom stereocenters. The molecule has 252 valence electrons. The zero-order chi connectivity index (χ0) is 35.3. The van der Waals surface area contributed by atoms with Gasteiger partial charge in [-0.25, -0.2) is 4.79 Å². The summed E-state index contributed by atoms with van der Waals surface area (Å²) >= 11 is 0. The maximum Gasteiger partial charge on any atom is 0.493 e. The lowest BCUT2D eigenvalue weighted by atomic mass is 10.2. The first-order valence-corrected chi connectivity index (χ1v) is 17.0. The first kappa shape index (κ1) is 40.2. The second kappa shape index (κ2) is 21.0. The summed E-state index contributed by atoms with van der Waals surface area (Å²) in [4.78, 5) is 16.8. The summed E-state index contributed by atoms with van der Waals surface area (Å²) in [7, 11) is 3.90. The van der Waals surface area contributed by atoms with Crippen molar-refractivity contribution in [2.45, 2.75) is 13.2 Å². The van der Waals surface area contributed by atoms with Crippen molar-refractivity contribution in [3.63, 3.8) is 0 Å². The Hall–Kier alpha value is -4.86. The summed E-state index contributed by atoms with van der Waals surface area (Å²) in [5.74, 6) is 0. The minimum absolute atomic E-state index is 0.0388. The van der Waals surface area contributed by atoms with E-state index in [9.17, 15) is 21.9 Å². The molecule has 0 saturated carbocycles. The third kappa shape index (κ3) is 18.0. The van der Waals surface area contributed by atoms with Crippen LogP contribution in [0.25, 0.3) is 0 Å². The molecule has 2 aromatic carbocycles. The molecule has 47 heavy (non-hydrogen) atoms. The summed E-state index contributed by atoms with van der Waals surface area (Å²) in [6.45, 7) is 0.101. The number of halogens is 1. The van der Waals surface area contributed by atoms with Crippen molar-refractivity contribution in [2.75, 3.05) is 38.0 Å². The quantitative estimate of drug-likeness (QED) is 0.0931. The van der Waals surface area contributed by atoms with E-state index >= 15 is 0 Å². The van der Waals surface area contributed by atoms with E-state index in [2.05, 4.69) is 24.5 Å². The van der Waals surface area contributed by atoms with Gasteiger partial charge in [-0.2, -0.15) is 8.42 Å². The molecule has 0 amide bonds. The zero-order valence-electron chi connectivity index (χ0n) is 26.0. The van der Waals surface area contributed by atoms with Crippen LogP contribution in [0.15, 0.2) is 119 Å². The highest BCUT2D eigenvalue weighted by molar-refractivity contribution is 8.12. The van der Waals surface area contributed by atoms with Crippen molar-refractivity contribution in [2.24, 2.45) is 8.80 Å². The molecule has 14 nitrogen and oxygen atoms in total. The molecular weight excluding hydrogens is 672 g/mol. The minimum Gasteiger partial charge on any atom is -0.595 e. The molecule has 4 rings (SSSR count). The van der Waals surface area contributed by atoms with E-state index < -0.39 is 25.5 Å². The van der Waals surface area contributed by atoms with E-state index in [0.717, 1.165) is 26.9 Å². The van der Waals surface area contributed by atoms with E-state index in [1.807, 2.05) is 86.5 Å². The Bertz CT molecular complexity index is 1760. The second-order valence-electron chi connectivity index (χ2n) is 9.23. The van der Waals surface area contributed by atoms with Gasteiger partial charge in [0.1, 0.15) is 0 Å². The summed E-state index contributed by atoms with van der Waals surface area (Å²) in [5, 5.41) is 20.1. The average molecular weight is 707 g/mol. The number of aliphatic hydroxyl groups is 1. The fraction of sp³-hybridized carbons (Fsp3) is 0.200. The SMILES string of the molecule is CN(C)c1cc[n+](S(=O)(=O)N=C([O-])OCc2ccccc2)cc1.CN(C)c1ccncc1.O=C=NS(=O)(=O)Cl.OCc1ccccc1. The lowest BCUT2D eigenvalue weighted by Gasteiger charge is -2.13. The van der Waals surface area contributed by atoms with Gasteiger partial charge in [0.25, 0.3) is 6.08 Å². The van der Waals surface area contributed by atoms with Gasteiger partial charge in [-0.1, -0.05) is 73.4 Å². The summed E-state index contributed by atoms with van der Waals surface area (Å²) < 4.78 is 54.2. The summed E-state index contributed by atoms with van der Waals surface area (Å²) in [6.07, 6.45) is 5.82. The molecule has 0 aliphatic heterocycles. The van der Waals surface area contributed by atoms with Crippen molar-refractivity contribution < 1.29 is 40.6 Å². The fourth-order valence-electron chi connectivity index (χ4n) is 3.01. The largest absolute Gasteiger partial charge is 0.595 e. The Balaban J connectivity index is 0.000000374. The van der Waals surface area contributed by atoms with Gasteiger partial charge in [0.2, 0.25) is 0 Å². The van der Waals surface area contributed by atoms with Gasteiger partial charge in [-0.3, -0.25) is 4.98 Å². The Morgan fingerprint density at radius 1 is 0.851 bits per heavy atom. The summed E-state index contributed by atoms with van der Waals surface area (Å²) in [5.41, 5.74) is 3.72. The van der Waals surface area contributed by atoms with Crippen LogP contribution >= 0.6 is 10.7 Å². The third-order valence-electron chi connectivity index (χ3n) is 5.31. The number of hydrogen-bond donors (Lipinski definition) is 1. The number of anilines is 2. The first-order valence-electron chi connectivity index (χ1n) is 13.3. The van der Waals surface area contributed by atoms with Gasteiger partial charge in [-0.15, -0.1) is 8.42 Å². The van der Waals surface area contributed by atoms with Gasteiger partial charge in [-0.05, 0) is 23.3 Å². The normalized spacial score (nSPS) is 10.6. The van der Waals surface area contributed by atoms with Gasteiger partial charge in [0, 0.05) is 81.4 Å². The number of ether oxygens (including phenoxy) is 1. The van der Waals surface area contributed by atoms with Gasteiger partial charge in [0.05, 0.1) is 6.61 Å². The molecule has 0 unspecified atom stereocenters. The average Bonchev–Trinajstić information content (AvgIpc) is 3.05. The number of benzene rings is 2. The van der Waals surface area contributed by atoms with E-state index in [1.54, 1.807) is 48.8 Å². The molecule has 0 fully saturated rings. The van der Waals surface area contributed by atoms with Crippen molar-refractivity contribution >= 4 is 53.7 Å². The van der Waals surface area contributed by atoms with Crippen molar-refractivity contribution in [1.29, 1.82) is 0 Å². The number of aromatic nitrogens is 2. The van der Waals surface area contributed by atoms with E-state index in [4.69, 9.17) is 14.6 Å². The fourth-order valence-corrected chi connectivity index (χ4v) is 3.95. The molecule has 0 spiro atoms. The van der Waals surface area contributed by atoms with Gasteiger partial charge < -0.3 is 24.7 Å². The Kier molecular flexibility index (Phi) is 18.0. The second-order valence-corrected chi connectivity index (χ2v) is 12.9. The predicted octanol–water partition coefficient (Wildman–Crippen LogP) is 2.20. The van der Waals surface area contributed by atoms with Gasteiger partial charge in [0.15, 0.2) is 18.5 Å². The molecule has 4 aromatic rings. The van der Waals surface area contributed by atoms with Crippen LogP contribution in [0.4, 0.5) is 11.4 Å². The van der Waals surface area contributed by atoms with Crippen molar-refractivity contribution in [3.05, 3.63) is 121 Å². The van der Waals surface area contributed by atoms with E-state index in [0.29, 0.717) is 0 Å². The van der Waals surface area contributed by atoms with E-state index in [-0.39, 0.29) is 13.2 Å². The van der Waals surface area contributed by atoms with Crippen molar-refractivity contribution in [3.8, 4) is 0 Å². The zero-order valence-corrected chi connectivity index (χ0v) is 28.4. The molecule has 0 radical (unpaired) electrons. The molecule has 17 heteroatoms. The monoisotopic (exact) mass is 706 g/mol. The number of pyridine rings is 2. The van der Waals surface area contributed by atoms with Crippen LogP contribution < -0.4 is 18.9 Å². The lowest BCUT2D eigenvalue weighted by Crippen LogP contribution is -2.42. The third-order valence-corrected chi connectivity index (χ3v) is 6.97. The van der Waals surface area contributed by atoms with Crippen LogP contribution in [0.1, 0.15) is 11.1 Å². The Labute approximate surface area is 279 Å². The molecule has 2 heterocycles. The van der Waals surface area contributed by atoms with Gasteiger partial charge >= 0.3 is 19.4 Å². The van der Waals surface area contributed by atoms with Crippen LogP contribution in [0.5, 0.6) is 0 Å². The number of hydrogen-bond acceptors (Lipinski definition) is 11. The number of nitrogens with zero attached hydrogens (tertiary/aromatic N) is 6. The molecule has 0 bridgehead atoms. The van der Waals surface area contributed by atoms with Crippen LogP contribution in [0, 0.1) is 0 Å². The predicted molar refractivity (Wildman–Crippen MR) is 178 cm³/mol. The smallest absolute Gasteiger partial charge is 0.493 e. The number of carbonyl (C=O) groups excluding carboxylic acids is 1. The van der Waals surface area contributed by atoms with Crippen LogP contribution in [-0.4, -0.2) is 67.3 Å². The lowest BCUT2D eigenvalue weighted by molar-refractivity contribution is -0.511. The maximum atomic E-state index is 12.0. The molecular formula is C30H35ClN6O8S2. The standard InChI is InChI=1S/C15H17N3O4S.C7H10N2.C7H8O.CClNO3S/c1-17(2)14-8-10-18(11-9-14)23(20,21)16-15(19)22-12-13-6-4-3-5-7-13;1-9(2)7-3-5-8-6-4-7;8-6-7-4-2-1-3-5-7;2-7(5,6)3-1-4/h3-11H,12H2,1-2H3;3-6H,1-2H3;1-5,8H,6H2;.